The highest BCUT2D eigenvalue weighted by molar-refractivity contribution is 6.42. The number of hydrogen-bond acceptors (Lipinski definition) is 2. The van der Waals surface area contributed by atoms with Crippen molar-refractivity contribution >= 4 is 41.2 Å². The van der Waals surface area contributed by atoms with Crippen LogP contribution < -0.4 is 5.32 Å². The molecule has 0 aromatic heterocycles. The van der Waals surface area contributed by atoms with Crippen LogP contribution in [0.4, 0.5) is 0 Å². The zero-order valence-electron chi connectivity index (χ0n) is 11.6. The van der Waals surface area contributed by atoms with Crippen LogP contribution in [-0.4, -0.2) is 23.5 Å². The summed E-state index contributed by atoms with van der Waals surface area (Å²) in [5.74, 6) is -1.23. The van der Waals surface area contributed by atoms with Gasteiger partial charge in [0.1, 0.15) is 0 Å². The first-order valence-electron chi connectivity index (χ1n) is 6.55. The largest absolute Gasteiger partial charge is 0.481 e. The summed E-state index contributed by atoms with van der Waals surface area (Å²) in [6.45, 7) is 2.22. The summed E-state index contributed by atoms with van der Waals surface area (Å²) >= 11 is 11.9. The van der Waals surface area contributed by atoms with Crippen LogP contribution in [0.3, 0.4) is 0 Å². The van der Waals surface area contributed by atoms with Crippen LogP contribution in [0.15, 0.2) is 24.3 Å². The number of rotatable bonds is 7. The molecule has 1 aromatic rings. The molecule has 4 nitrogen and oxygen atoms in total. The number of carboxylic acids is 1. The van der Waals surface area contributed by atoms with Crippen molar-refractivity contribution < 1.29 is 14.7 Å². The second-order valence-corrected chi connectivity index (χ2v) is 5.38. The van der Waals surface area contributed by atoms with Crippen LogP contribution in [0.5, 0.6) is 0 Å². The molecule has 0 spiro atoms. The lowest BCUT2D eigenvalue weighted by atomic mass is 10.0. The van der Waals surface area contributed by atoms with E-state index in [1.165, 1.54) is 6.08 Å². The summed E-state index contributed by atoms with van der Waals surface area (Å²) in [6, 6.07) is 5.15. The second-order valence-electron chi connectivity index (χ2n) is 4.59. The molecule has 2 N–H and O–H groups in total. The molecule has 6 heteroatoms. The topological polar surface area (TPSA) is 66.4 Å². The van der Waals surface area contributed by atoms with Crippen molar-refractivity contribution in [2.24, 2.45) is 5.92 Å². The Bertz CT molecular complexity index is 544. The first-order chi connectivity index (χ1) is 9.93. The maximum Gasteiger partial charge on any atom is 0.303 e. The van der Waals surface area contributed by atoms with Gasteiger partial charge in [0, 0.05) is 19.0 Å². The summed E-state index contributed by atoms with van der Waals surface area (Å²) < 4.78 is 0. The average molecular weight is 330 g/mol. The third kappa shape index (κ3) is 6.19. The van der Waals surface area contributed by atoms with E-state index in [4.69, 9.17) is 28.3 Å². The summed E-state index contributed by atoms with van der Waals surface area (Å²) in [4.78, 5) is 22.3. The first-order valence-corrected chi connectivity index (χ1v) is 7.31. The lowest BCUT2D eigenvalue weighted by Gasteiger charge is -2.12. The molecule has 0 aliphatic heterocycles. The molecule has 1 aromatic carbocycles. The van der Waals surface area contributed by atoms with Gasteiger partial charge in [-0.1, -0.05) is 48.7 Å². The van der Waals surface area contributed by atoms with E-state index < -0.39 is 5.97 Å². The molecule has 0 saturated heterocycles. The number of aliphatic carboxylic acids is 1. The van der Waals surface area contributed by atoms with Crippen molar-refractivity contribution in [3.8, 4) is 0 Å². The Kier molecular flexibility index (Phi) is 7.26. The molecule has 0 radical (unpaired) electrons. The minimum Gasteiger partial charge on any atom is -0.481 e. The van der Waals surface area contributed by atoms with E-state index in [-0.39, 0.29) is 18.2 Å². The highest BCUT2D eigenvalue weighted by Gasteiger charge is 2.11. The molecule has 0 aliphatic rings. The van der Waals surface area contributed by atoms with E-state index in [1.54, 1.807) is 24.3 Å². The van der Waals surface area contributed by atoms with Crippen molar-refractivity contribution in [2.75, 3.05) is 6.54 Å². The predicted octanol–water partition coefficient (Wildman–Crippen LogP) is 3.62. The van der Waals surface area contributed by atoms with Gasteiger partial charge in [0.05, 0.1) is 10.0 Å². The maximum absolute atomic E-state index is 11.7. The molecule has 0 aliphatic carbocycles. The molecule has 0 heterocycles. The van der Waals surface area contributed by atoms with E-state index in [9.17, 15) is 9.59 Å². The molecule has 114 valence electrons. The van der Waals surface area contributed by atoms with E-state index in [2.05, 4.69) is 5.32 Å². The molecule has 1 rings (SSSR count). The van der Waals surface area contributed by atoms with Gasteiger partial charge in [-0.25, -0.2) is 0 Å². The number of nitrogens with one attached hydrogen (secondary N) is 1. The van der Waals surface area contributed by atoms with E-state index in [0.29, 0.717) is 28.6 Å². The molecule has 1 unspecified atom stereocenters. The van der Waals surface area contributed by atoms with Gasteiger partial charge < -0.3 is 10.4 Å². The SMILES string of the molecule is CCC(CNC(=O)/C=C/c1cccc(Cl)c1Cl)CC(=O)O. The highest BCUT2D eigenvalue weighted by Crippen LogP contribution is 2.26. The smallest absolute Gasteiger partial charge is 0.303 e. The summed E-state index contributed by atoms with van der Waals surface area (Å²) in [7, 11) is 0. The minimum absolute atomic E-state index is 0.0423. The zero-order chi connectivity index (χ0) is 15.8. The third-order valence-electron chi connectivity index (χ3n) is 3.00. The molecule has 0 fully saturated rings. The molecular formula is C15H17Cl2NO3. The quantitative estimate of drug-likeness (QED) is 0.751. The summed E-state index contributed by atoms with van der Waals surface area (Å²) in [5.41, 5.74) is 0.650. The number of carbonyl (C=O) groups excluding carboxylic acids is 1. The van der Waals surface area contributed by atoms with Crippen molar-refractivity contribution in [1.82, 2.24) is 5.32 Å². The summed E-state index contributed by atoms with van der Waals surface area (Å²) in [5, 5.41) is 12.2. The lowest BCUT2D eigenvalue weighted by molar-refractivity contribution is -0.138. The third-order valence-corrected chi connectivity index (χ3v) is 3.83. The monoisotopic (exact) mass is 329 g/mol. The van der Waals surface area contributed by atoms with E-state index in [1.807, 2.05) is 6.92 Å². The van der Waals surface area contributed by atoms with Crippen LogP contribution in [0.2, 0.25) is 10.0 Å². The van der Waals surface area contributed by atoms with Gasteiger partial charge >= 0.3 is 5.97 Å². The fraction of sp³-hybridized carbons (Fsp3) is 0.333. The summed E-state index contributed by atoms with van der Waals surface area (Å²) in [6.07, 6.45) is 3.66. The van der Waals surface area contributed by atoms with Gasteiger partial charge in [0.25, 0.3) is 0 Å². The van der Waals surface area contributed by atoms with Gasteiger partial charge in [-0.3, -0.25) is 9.59 Å². The van der Waals surface area contributed by atoms with Gasteiger partial charge in [-0.2, -0.15) is 0 Å². The molecule has 1 atom stereocenters. The Labute approximate surface area is 133 Å². The Morgan fingerprint density at radius 3 is 2.71 bits per heavy atom. The van der Waals surface area contributed by atoms with E-state index >= 15 is 0 Å². The van der Waals surface area contributed by atoms with Gasteiger partial charge in [0.15, 0.2) is 0 Å². The van der Waals surface area contributed by atoms with Gasteiger partial charge in [-0.15, -0.1) is 0 Å². The lowest BCUT2D eigenvalue weighted by Crippen LogP contribution is -2.28. The normalized spacial score (nSPS) is 12.3. The van der Waals surface area contributed by atoms with Crippen LogP contribution in [0, 0.1) is 5.92 Å². The fourth-order valence-electron chi connectivity index (χ4n) is 1.73. The number of carbonyl (C=O) groups is 2. The van der Waals surface area contributed by atoms with E-state index in [0.717, 1.165) is 0 Å². The van der Waals surface area contributed by atoms with Crippen molar-refractivity contribution in [2.45, 2.75) is 19.8 Å². The predicted molar refractivity (Wildman–Crippen MR) is 84.5 cm³/mol. The average Bonchev–Trinajstić information content (AvgIpc) is 2.44. The molecule has 0 bridgehead atoms. The van der Waals surface area contributed by atoms with Crippen LogP contribution in [-0.2, 0) is 9.59 Å². The molecule has 21 heavy (non-hydrogen) atoms. The molecule has 1 amide bonds. The Morgan fingerprint density at radius 1 is 1.38 bits per heavy atom. The second kappa shape index (κ2) is 8.70. The Balaban J connectivity index is 2.55. The van der Waals surface area contributed by atoms with Crippen molar-refractivity contribution in [3.05, 3.63) is 39.9 Å². The van der Waals surface area contributed by atoms with Crippen LogP contribution in [0.25, 0.3) is 6.08 Å². The first kappa shape index (κ1) is 17.5. The fourth-order valence-corrected chi connectivity index (χ4v) is 2.10. The maximum atomic E-state index is 11.7. The van der Waals surface area contributed by atoms with Crippen molar-refractivity contribution in [3.63, 3.8) is 0 Å². The number of benzene rings is 1. The number of carboxylic acid groups (broad SMARTS) is 1. The Hall–Kier alpha value is -1.52. The zero-order valence-corrected chi connectivity index (χ0v) is 13.1. The number of amides is 1. The Morgan fingerprint density at radius 2 is 2.10 bits per heavy atom. The standard InChI is InChI=1S/C15H17Cl2NO3/c1-2-10(8-14(20)21)9-18-13(19)7-6-11-4-3-5-12(16)15(11)17/h3-7,10H,2,8-9H2,1H3,(H,18,19)(H,20,21)/b7-6+. The van der Waals surface area contributed by atoms with Gasteiger partial charge in [-0.05, 0) is 23.6 Å². The highest BCUT2D eigenvalue weighted by atomic mass is 35.5. The minimum atomic E-state index is -0.864. The number of hydrogen-bond donors (Lipinski definition) is 2. The van der Waals surface area contributed by atoms with Crippen LogP contribution >= 0.6 is 23.2 Å². The molecular weight excluding hydrogens is 313 g/mol. The number of halogens is 2. The molecule has 0 saturated carbocycles. The van der Waals surface area contributed by atoms with Gasteiger partial charge in [0.2, 0.25) is 5.91 Å². The van der Waals surface area contributed by atoms with Crippen molar-refractivity contribution in [1.29, 1.82) is 0 Å². The van der Waals surface area contributed by atoms with Crippen LogP contribution in [0.1, 0.15) is 25.3 Å².